The molecule has 0 aliphatic heterocycles. The number of fused-ring (bicyclic) bond motifs is 1. The summed E-state index contributed by atoms with van der Waals surface area (Å²) in [4.78, 5) is 15.6. The minimum Gasteiger partial charge on any atom is -0.365 e. The number of anilines is 1. The molecule has 28 heavy (non-hydrogen) atoms. The minimum atomic E-state index is -0.349. The first-order chi connectivity index (χ1) is 13.8. The molecule has 1 saturated carbocycles. The van der Waals surface area contributed by atoms with Crippen LogP contribution in [0.1, 0.15) is 35.4 Å². The van der Waals surface area contributed by atoms with Crippen LogP contribution >= 0.6 is 11.3 Å². The summed E-state index contributed by atoms with van der Waals surface area (Å²) < 4.78 is 1.84. The summed E-state index contributed by atoms with van der Waals surface area (Å²) in [6.07, 6.45) is 11.5. The number of allylic oxidation sites excluding steroid dienone is 2. The largest absolute Gasteiger partial charge is 0.365 e. The lowest BCUT2D eigenvalue weighted by atomic mass is 9.71. The zero-order chi connectivity index (χ0) is 19.0. The van der Waals surface area contributed by atoms with E-state index in [0.717, 1.165) is 35.5 Å². The molecule has 1 fully saturated rings. The van der Waals surface area contributed by atoms with E-state index in [9.17, 15) is 4.79 Å². The van der Waals surface area contributed by atoms with E-state index in [1.54, 1.807) is 17.5 Å². The molecule has 1 atom stereocenters. The normalized spacial score (nSPS) is 21.0. The van der Waals surface area contributed by atoms with Gasteiger partial charge in [0.05, 0.1) is 22.3 Å². The summed E-state index contributed by atoms with van der Waals surface area (Å²) in [6, 6.07) is 11.0. The van der Waals surface area contributed by atoms with Crippen molar-refractivity contribution in [2.45, 2.75) is 30.7 Å². The number of hydrogen-bond donors (Lipinski definition) is 1. The molecule has 0 bridgehead atoms. The van der Waals surface area contributed by atoms with Crippen LogP contribution in [0.4, 0.5) is 5.82 Å². The lowest BCUT2D eigenvalue weighted by Gasteiger charge is -2.32. The maximum absolute atomic E-state index is 10.9. The molecule has 0 spiro atoms. The van der Waals surface area contributed by atoms with Crippen molar-refractivity contribution in [3.05, 3.63) is 75.9 Å². The summed E-state index contributed by atoms with van der Waals surface area (Å²) >= 11 is 1.61. The molecule has 5 rings (SSSR count). The quantitative estimate of drug-likeness (QED) is 0.509. The standard InChI is InChI=1S/C22H20N4OS/c27-12-4-11-26-19-13-22(20-14-28-15-23-20,16-5-2-1-3-6-16)10-9-18(19)21(25-26)24-17-7-8-17/h1-6,9-12,14-15,17H,7-8,13H2,(H,24,25). The molecule has 0 radical (unpaired) electrons. The predicted molar refractivity (Wildman–Crippen MR) is 112 cm³/mol. The van der Waals surface area contributed by atoms with Crippen LogP contribution in [0.2, 0.25) is 0 Å². The summed E-state index contributed by atoms with van der Waals surface area (Å²) in [5.74, 6) is 0.893. The number of thiazole rings is 1. The Hall–Kier alpha value is -2.99. The molecule has 6 heteroatoms. The van der Waals surface area contributed by atoms with Gasteiger partial charge in [0.25, 0.3) is 0 Å². The molecule has 3 aromatic rings. The van der Waals surface area contributed by atoms with Gasteiger partial charge in [-0.1, -0.05) is 42.5 Å². The van der Waals surface area contributed by atoms with Crippen LogP contribution in [-0.4, -0.2) is 27.1 Å². The predicted octanol–water partition coefficient (Wildman–Crippen LogP) is 4.14. The van der Waals surface area contributed by atoms with Crippen molar-refractivity contribution in [3.63, 3.8) is 0 Å². The van der Waals surface area contributed by atoms with Crippen LogP contribution in [0.25, 0.3) is 12.3 Å². The topological polar surface area (TPSA) is 59.8 Å². The van der Waals surface area contributed by atoms with E-state index in [2.05, 4.69) is 52.1 Å². The third-order valence-electron chi connectivity index (χ3n) is 5.43. The molecule has 2 aliphatic carbocycles. The highest BCUT2D eigenvalue weighted by Gasteiger charge is 2.39. The number of hydrogen-bond acceptors (Lipinski definition) is 5. The molecule has 5 nitrogen and oxygen atoms in total. The van der Waals surface area contributed by atoms with Crippen molar-refractivity contribution in [2.75, 3.05) is 5.32 Å². The maximum atomic E-state index is 10.9. The monoisotopic (exact) mass is 388 g/mol. The smallest absolute Gasteiger partial charge is 0.156 e. The fourth-order valence-electron chi connectivity index (χ4n) is 3.84. The van der Waals surface area contributed by atoms with Gasteiger partial charge in [-0.15, -0.1) is 11.3 Å². The summed E-state index contributed by atoms with van der Waals surface area (Å²) in [7, 11) is 0. The highest BCUT2D eigenvalue weighted by Crippen LogP contribution is 2.43. The molecule has 140 valence electrons. The number of benzene rings is 1. The Bertz CT molecular complexity index is 1050. The second-order valence-electron chi connectivity index (χ2n) is 7.27. The van der Waals surface area contributed by atoms with Crippen LogP contribution < -0.4 is 5.32 Å². The number of aromatic nitrogens is 3. The maximum Gasteiger partial charge on any atom is 0.156 e. The van der Waals surface area contributed by atoms with E-state index in [0.29, 0.717) is 6.04 Å². The Labute approximate surface area is 167 Å². The summed E-state index contributed by atoms with van der Waals surface area (Å²) in [6.45, 7) is 0. The van der Waals surface area contributed by atoms with Gasteiger partial charge in [-0.25, -0.2) is 9.67 Å². The van der Waals surface area contributed by atoms with Gasteiger partial charge in [0.1, 0.15) is 6.29 Å². The molecular formula is C22H20N4OS. The highest BCUT2D eigenvalue weighted by atomic mass is 32.1. The Morgan fingerprint density at radius 1 is 1.25 bits per heavy atom. The average Bonchev–Trinajstić information content (AvgIpc) is 3.25. The van der Waals surface area contributed by atoms with Gasteiger partial charge in [0.2, 0.25) is 0 Å². The van der Waals surface area contributed by atoms with E-state index >= 15 is 0 Å². The van der Waals surface area contributed by atoms with Crippen molar-refractivity contribution in [2.24, 2.45) is 0 Å². The third kappa shape index (κ3) is 2.90. The molecule has 0 amide bonds. The fraction of sp³-hybridized carbons (Fsp3) is 0.227. The average molecular weight is 388 g/mol. The van der Waals surface area contributed by atoms with Gasteiger partial charge in [0, 0.05) is 29.6 Å². The molecule has 1 unspecified atom stereocenters. The molecular weight excluding hydrogens is 368 g/mol. The first-order valence-electron chi connectivity index (χ1n) is 9.43. The van der Waals surface area contributed by atoms with Gasteiger partial charge in [0.15, 0.2) is 5.82 Å². The van der Waals surface area contributed by atoms with Gasteiger partial charge in [-0.05, 0) is 24.5 Å². The minimum absolute atomic E-state index is 0.349. The zero-order valence-corrected chi connectivity index (χ0v) is 16.1. The first kappa shape index (κ1) is 17.1. The van der Waals surface area contributed by atoms with Crippen LogP contribution in [0.3, 0.4) is 0 Å². The summed E-state index contributed by atoms with van der Waals surface area (Å²) in [5, 5.41) is 10.4. The lowest BCUT2D eigenvalue weighted by Crippen LogP contribution is -2.31. The van der Waals surface area contributed by atoms with Crippen molar-refractivity contribution in [1.82, 2.24) is 14.8 Å². The number of rotatable bonds is 6. The van der Waals surface area contributed by atoms with Gasteiger partial charge < -0.3 is 5.32 Å². The Morgan fingerprint density at radius 3 is 2.82 bits per heavy atom. The van der Waals surface area contributed by atoms with Crippen LogP contribution in [-0.2, 0) is 16.6 Å². The SMILES string of the molecule is O=CC=Cn1nc(NC2CC2)c2c1CC(c1ccccc1)(c1cscn1)C=C2. The molecule has 2 aromatic heterocycles. The molecule has 2 aliphatic rings. The number of aldehydes is 1. The molecule has 1 aromatic carbocycles. The Balaban J connectivity index is 1.65. The van der Waals surface area contributed by atoms with Gasteiger partial charge in [-0.2, -0.15) is 5.10 Å². The Morgan fingerprint density at radius 2 is 2.11 bits per heavy atom. The van der Waals surface area contributed by atoms with E-state index in [1.807, 2.05) is 16.3 Å². The van der Waals surface area contributed by atoms with Gasteiger partial charge in [-0.3, -0.25) is 4.79 Å². The van der Waals surface area contributed by atoms with Crippen molar-refractivity contribution >= 4 is 35.7 Å². The van der Waals surface area contributed by atoms with Crippen LogP contribution in [0, 0.1) is 0 Å². The third-order valence-corrected chi connectivity index (χ3v) is 6.02. The molecule has 2 heterocycles. The fourth-order valence-corrected chi connectivity index (χ4v) is 4.48. The van der Waals surface area contributed by atoms with Crippen molar-refractivity contribution < 1.29 is 4.79 Å². The zero-order valence-electron chi connectivity index (χ0n) is 15.3. The number of carbonyl (C=O) groups excluding carboxylic acids is 1. The van der Waals surface area contributed by atoms with Crippen molar-refractivity contribution in [3.8, 4) is 0 Å². The Kier molecular flexibility index (Phi) is 4.20. The van der Waals surface area contributed by atoms with E-state index in [-0.39, 0.29) is 5.41 Å². The second-order valence-corrected chi connectivity index (χ2v) is 7.99. The highest BCUT2D eigenvalue weighted by molar-refractivity contribution is 7.07. The number of nitrogens with one attached hydrogen (secondary N) is 1. The number of nitrogens with zero attached hydrogens (tertiary/aromatic N) is 3. The second kappa shape index (κ2) is 6.87. The number of carbonyl (C=O) groups is 1. The van der Waals surface area contributed by atoms with E-state index in [4.69, 9.17) is 5.10 Å². The van der Waals surface area contributed by atoms with Crippen molar-refractivity contribution in [1.29, 1.82) is 0 Å². The van der Waals surface area contributed by atoms with E-state index in [1.165, 1.54) is 24.5 Å². The van der Waals surface area contributed by atoms with Crippen LogP contribution in [0.15, 0.2) is 53.4 Å². The summed E-state index contributed by atoms with van der Waals surface area (Å²) in [5.41, 5.74) is 5.95. The first-order valence-corrected chi connectivity index (χ1v) is 10.4. The van der Waals surface area contributed by atoms with E-state index < -0.39 is 0 Å². The molecule has 0 saturated heterocycles. The van der Waals surface area contributed by atoms with Gasteiger partial charge >= 0.3 is 0 Å². The molecule has 1 N–H and O–H groups in total. The lowest BCUT2D eigenvalue weighted by molar-refractivity contribution is -0.104. The van der Waals surface area contributed by atoms with Crippen LogP contribution in [0.5, 0.6) is 0 Å².